The summed E-state index contributed by atoms with van der Waals surface area (Å²) >= 11 is 0. The van der Waals surface area contributed by atoms with Crippen LogP contribution in [0.3, 0.4) is 0 Å². The molecule has 2 N–H and O–H groups in total. The fourth-order valence-electron chi connectivity index (χ4n) is 2.45. The third kappa shape index (κ3) is 3.40. The Morgan fingerprint density at radius 3 is 2.59 bits per heavy atom. The van der Waals surface area contributed by atoms with Crippen LogP contribution in [-0.2, 0) is 10.0 Å². The molecular formula is C13H20ClN3O4S. The average Bonchev–Trinajstić information content (AvgIpc) is 2.83. The fraction of sp³-hybridized carbons (Fsp3) is 0.538. The number of nitro benzene ring substituents is 1. The van der Waals surface area contributed by atoms with Gasteiger partial charge in [-0.25, -0.2) is 8.42 Å². The molecule has 0 aromatic heterocycles. The molecule has 0 amide bonds. The highest BCUT2D eigenvalue weighted by Gasteiger charge is 2.39. The van der Waals surface area contributed by atoms with Crippen LogP contribution in [0.25, 0.3) is 0 Å². The molecule has 1 fully saturated rings. The van der Waals surface area contributed by atoms with Crippen molar-refractivity contribution >= 4 is 28.1 Å². The van der Waals surface area contributed by atoms with E-state index in [9.17, 15) is 18.5 Å². The zero-order chi connectivity index (χ0) is 15.8. The van der Waals surface area contributed by atoms with Gasteiger partial charge in [0.2, 0.25) is 10.0 Å². The summed E-state index contributed by atoms with van der Waals surface area (Å²) in [5.74, 6) is 0. The molecule has 1 atom stereocenters. The number of nitrogens with zero attached hydrogens (tertiary/aromatic N) is 2. The number of sulfonamides is 1. The predicted octanol–water partition coefficient (Wildman–Crippen LogP) is 1.68. The summed E-state index contributed by atoms with van der Waals surface area (Å²) in [4.78, 5) is 10.3. The summed E-state index contributed by atoms with van der Waals surface area (Å²) in [6.07, 6.45) is 0.691. The molecule has 0 aliphatic carbocycles. The molecule has 124 valence electrons. The summed E-state index contributed by atoms with van der Waals surface area (Å²) in [6.45, 7) is 4.66. The maximum absolute atomic E-state index is 12.6. The van der Waals surface area contributed by atoms with Crippen LogP contribution in [0.5, 0.6) is 0 Å². The lowest BCUT2D eigenvalue weighted by Gasteiger charge is -2.22. The van der Waals surface area contributed by atoms with Crippen LogP contribution >= 0.6 is 12.4 Å². The number of halogens is 1. The number of rotatable bonds is 4. The Hall–Kier alpha value is -1.22. The van der Waals surface area contributed by atoms with Crippen LogP contribution in [0.2, 0.25) is 0 Å². The molecular weight excluding hydrogens is 330 g/mol. The van der Waals surface area contributed by atoms with Crippen LogP contribution in [0.4, 0.5) is 5.69 Å². The number of aryl methyl sites for hydroxylation is 1. The molecule has 1 aromatic carbocycles. The average molecular weight is 350 g/mol. The molecule has 0 saturated carbocycles. The van der Waals surface area contributed by atoms with Gasteiger partial charge in [0.25, 0.3) is 5.69 Å². The molecule has 1 aliphatic heterocycles. The van der Waals surface area contributed by atoms with Gasteiger partial charge in [0.05, 0.1) is 9.82 Å². The van der Waals surface area contributed by atoms with Crippen molar-refractivity contribution in [3.63, 3.8) is 0 Å². The Kier molecular flexibility index (Phi) is 5.56. The van der Waals surface area contributed by atoms with E-state index in [1.165, 1.54) is 16.4 Å². The molecule has 1 aliphatic rings. The van der Waals surface area contributed by atoms with Crippen LogP contribution in [0.1, 0.15) is 18.9 Å². The first kappa shape index (κ1) is 18.8. The second-order valence-electron chi connectivity index (χ2n) is 5.81. The molecule has 1 unspecified atom stereocenters. The minimum Gasteiger partial charge on any atom is -0.330 e. The molecule has 0 bridgehead atoms. The molecule has 1 aromatic rings. The molecule has 0 spiro atoms. The fourth-order valence-corrected chi connectivity index (χ4v) is 4.06. The molecule has 1 saturated heterocycles. The van der Waals surface area contributed by atoms with Gasteiger partial charge in [-0.3, -0.25) is 10.1 Å². The van der Waals surface area contributed by atoms with Crippen molar-refractivity contribution in [2.24, 2.45) is 11.1 Å². The van der Waals surface area contributed by atoms with Gasteiger partial charge in [0.15, 0.2) is 0 Å². The first-order chi connectivity index (χ1) is 9.69. The Morgan fingerprint density at radius 2 is 2.09 bits per heavy atom. The van der Waals surface area contributed by atoms with Gasteiger partial charge in [0.1, 0.15) is 0 Å². The first-order valence-corrected chi connectivity index (χ1v) is 8.09. The molecule has 22 heavy (non-hydrogen) atoms. The van der Waals surface area contributed by atoms with Crippen molar-refractivity contribution in [1.82, 2.24) is 4.31 Å². The first-order valence-electron chi connectivity index (χ1n) is 6.65. The van der Waals surface area contributed by atoms with E-state index in [4.69, 9.17) is 5.73 Å². The van der Waals surface area contributed by atoms with Crippen molar-refractivity contribution < 1.29 is 13.3 Å². The minimum atomic E-state index is -3.72. The van der Waals surface area contributed by atoms with Crippen LogP contribution in [-0.4, -0.2) is 37.3 Å². The van der Waals surface area contributed by atoms with Crippen molar-refractivity contribution in [2.45, 2.75) is 25.2 Å². The SMILES string of the molecule is Cc1ccc(S(=O)(=O)N2CCC(C)(CN)C2)cc1[N+](=O)[O-].Cl. The van der Waals surface area contributed by atoms with Crippen LogP contribution in [0, 0.1) is 22.5 Å². The largest absolute Gasteiger partial charge is 0.330 e. The number of nitro groups is 1. The van der Waals surface area contributed by atoms with Gasteiger partial charge in [0, 0.05) is 24.7 Å². The van der Waals surface area contributed by atoms with Crippen molar-refractivity contribution in [1.29, 1.82) is 0 Å². The van der Waals surface area contributed by atoms with Gasteiger partial charge in [-0.2, -0.15) is 4.31 Å². The maximum atomic E-state index is 12.6. The topological polar surface area (TPSA) is 107 Å². The van der Waals surface area contributed by atoms with Crippen molar-refractivity contribution in [2.75, 3.05) is 19.6 Å². The number of benzene rings is 1. The quantitative estimate of drug-likeness (QED) is 0.657. The summed E-state index contributed by atoms with van der Waals surface area (Å²) in [6, 6.07) is 4.00. The third-order valence-electron chi connectivity index (χ3n) is 4.03. The molecule has 2 rings (SSSR count). The van der Waals surface area contributed by atoms with E-state index in [0.717, 1.165) is 6.07 Å². The zero-order valence-electron chi connectivity index (χ0n) is 12.5. The van der Waals surface area contributed by atoms with Crippen LogP contribution < -0.4 is 5.73 Å². The summed E-state index contributed by atoms with van der Waals surface area (Å²) in [5.41, 5.74) is 5.71. The molecule has 9 heteroatoms. The second-order valence-corrected chi connectivity index (χ2v) is 7.75. The number of hydrogen-bond acceptors (Lipinski definition) is 5. The Labute approximate surface area is 136 Å². The van der Waals surface area contributed by atoms with E-state index in [1.807, 2.05) is 6.92 Å². The molecule has 1 heterocycles. The van der Waals surface area contributed by atoms with E-state index in [-0.39, 0.29) is 28.4 Å². The standard InChI is InChI=1S/C13H19N3O4S.ClH/c1-10-3-4-11(7-12(10)16(17)18)21(19,20)15-6-5-13(2,8-14)9-15;/h3-4,7H,5-6,8-9,14H2,1-2H3;1H. The lowest BCUT2D eigenvalue weighted by atomic mass is 9.90. The van der Waals surface area contributed by atoms with Crippen molar-refractivity contribution in [3.8, 4) is 0 Å². The van der Waals surface area contributed by atoms with Crippen molar-refractivity contribution in [3.05, 3.63) is 33.9 Å². The number of hydrogen-bond donors (Lipinski definition) is 1. The van der Waals surface area contributed by atoms with Crippen LogP contribution in [0.15, 0.2) is 23.1 Å². The highest BCUT2D eigenvalue weighted by atomic mass is 35.5. The summed E-state index contributed by atoms with van der Waals surface area (Å²) in [7, 11) is -3.72. The summed E-state index contributed by atoms with van der Waals surface area (Å²) in [5, 5.41) is 11.0. The third-order valence-corrected chi connectivity index (χ3v) is 5.87. The Balaban J connectivity index is 0.00000242. The monoisotopic (exact) mass is 349 g/mol. The lowest BCUT2D eigenvalue weighted by molar-refractivity contribution is -0.385. The van der Waals surface area contributed by atoms with Gasteiger partial charge in [-0.15, -0.1) is 12.4 Å². The number of nitrogens with two attached hydrogens (primary N) is 1. The maximum Gasteiger partial charge on any atom is 0.273 e. The van der Waals surface area contributed by atoms with Gasteiger partial charge >= 0.3 is 0 Å². The van der Waals surface area contributed by atoms with Gasteiger partial charge in [-0.05, 0) is 31.4 Å². The Morgan fingerprint density at radius 1 is 1.45 bits per heavy atom. The Bertz CT molecular complexity index is 680. The highest BCUT2D eigenvalue weighted by molar-refractivity contribution is 7.89. The molecule has 7 nitrogen and oxygen atoms in total. The molecule has 0 radical (unpaired) electrons. The van der Waals surface area contributed by atoms with E-state index >= 15 is 0 Å². The van der Waals surface area contributed by atoms with E-state index < -0.39 is 14.9 Å². The summed E-state index contributed by atoms with van der Waals surface area (Å²) < 4.78 is 26.5. The van der Waals surface area contributed by atoms with Gasteiger partial charge < -0.3 is 5.73 Å². The smallest absolute Gasteiger partial charge is 0.273 e. The zero-order valence-corrected chi connectivity index (χ0v) is 14.1. The van der Waals surface area contributed by atoms with Gasteiger partial charge in [-0.1, -0.05) is 13.0 Å². The minimum absolute atomic E-state index is 0. The normalized spacial score (nSPS) is 22.3. The second kappa shape index (κ2) is 6.49. The predicted molar refractivity (Wildman–Crippen MR) is 85.6 cm³/mol. The van der Waals surface area contributed by atoms with E-state index in [1.54, 1.807) is 6.92 Å². The van der Waals surface area contributed by atoms with E-state index in [2.05, 4.69) is 0 Å². The highest BCUT2D eigenvalue weighted by Crippen LogP contribution is 2.33. The van der Waals surface area contributed by atoms with E-state index in [0.29, 0.717) is 31.6 Å². The lowest BCUT2D eigenvalue weighted by Crippen LogP contribution is -2.34.